The zero-order valence-electron chi connectivity index (χ0n) is 11.6. The van der Waals surface area contributed by atoms with Gasteiger partial charge in [-0.3, -0.25) is 4.79 Å². The lowest BCUT2D eigenvalue weighted by molar-refractivity contribution is -0.123. The van der Waals surface area contributed by atoms with E-state index < -0.39 is 0 Å². The van der Waals surface area contributed by atoms with Crippen molar-refractivity contribution in [1.29, 1.82) is 0 Å². The number of rotatable bonds is 6. The second-order valence-electron chi connectivity index (χ2n) is 4.59. The van der Waals surface area contributed by atoms with Crippen molar-refractivity contribution in [3.05, 3.63) is 63.3 Å². The number of nitrogens with one attached hydrogen (secondary N) is 1. The lowest BCUT2D eigenvalue weighted by Crippen LogP contribution is -2.30. The lowest BCUT2D eigenvalue weighted by atomic mass is 10.1. The van der Waals surface area contributed by atoms with Gasteiger partial charge in [-0.05, 0) is 58.2 Å². The van der Waals surface area contributed by atoms with Gasteiger partial charge in [-0.2, -0.15) is 0 Å². The van der Waals surface area contributed by atoms with Gasteiger partial charge in [0.15, 0.2) is 6.61 Å². The van der Waals surface area contributed by atoms with Crippen LogP contribution in [0.3, 0.4) is 0 Å². The molecule has 0 aliphatic rings. The molecule has 6 heteroatoms. The molecule has 0 atom stereocenters. The SMILES string of the molecule is O=C(COc1ccc(Cl)cc1Br)NCCc1ccc(F)cc1. The lowest BCUT2D eigenvalue weighted by Gasteiger charge is -2.09. The van der Waals surface area contributed by atoms with E-state index in [1.165, 1.54) is 12.1 Å². The smallest absolute Gasteiger partial charge is 0.257 e. The van der Waals surface area contributed by atoms with Crippen LogP contribution in [0, 0.1) is 5.82 Å². The number of carbonyl (C=O) groups is 1. The molecule has 0 heterocycles. The molecule has 0 spiro atoms. The van der Waals surface area contributed by atoms with Gasteiger partial charge in [-0.15, -0.1) is 0 Å². The van der Waals surface area contributed by atoms with Crippen LogP contribution in [-0.2, 0) is 11.2 Å². The Hall–Kier alpha value is -1.59. The summed E-state index contributed by atoms with van der Waals surface area (Å²) in [6.07, 6.45) is 0.636. The third-order valence-electron chi connectivity index (χ3n) is 2.90. The minimum absolute atomic E-state index is 0.0797. The highest BCUT2D eigenvalue weighted by molar-refractivity contribution is 9.10. The van der Waals surface area contributed by atoms with Crippen LogP contribution in [0.5, 0.6) is 5.75 Å². The monoisotopic (exact) mass is 385 g/mol. The van der Waals surface area contributed by atoms with E-state index >= 15 is 0 Å². The molecule has 1 amide bonds. The molecule has 0 aliphatic carbocycles. The van der Waals surface area contributed by atoms with E-state index in [1.807, 2.05) is 0 Å². The molecule has 2 aromatic carbocycles. The minimum atomic E-state index is -0.269. The van der Waals surface area contributed by atoms with Crippen LogP contribution in [-0.4, -0.2) is 19.1 Å². The number of carbonyl (C=O) groups excluding carboxylic acids is 1. The molecule has 1 N–H and O–H groups in total. The third kappa shape index (κ3) is 5.31. The van der Waals surface area contributed by atoms with Gasteiger partial charge in [-0.25, -0.2) is 4.39 Å². The average Bonchev–Trinajstić information content (AvgIpc) is 2.48. The first-order valence-corrected chi connectivity index (χ1v) is 7.80. The molecule has 0 radical (unpaired) electrons. The summed E-state index contributed by atoms with van der Waals surface area (Å²) >= 11 is 9.14. The molecule has 0 unspecified atom stereocenters. The molecule has 22 heavy (non-hydrogen) atoms. The van der Waals surface area contributed by atoms with Gasteiger partial charge >= 0.3 is 0 Å². The second-order valence-corrected chi connectivity index (χ2v) is 5.88. The third-order valence-corrected chi connectivity index (χ3v) is 3.76. The van der Waals surface area contributed by atoms with Crippen LogP contribution in [0.2, 0.25) is 5.02 Å². The second kappa shape index (κ2) is 8.15. The van der Waals surface area contributed by atoms with Crippen molar-refractivity contribution >= 4 is 33.4 Å². The fourth-order valence-electron chi connectivity index (χ4n) is 1.78. The van der Waals surface area contributed by atoms with Crippen molar-refractivity contribution in [2.24, 2.45) is 0 Å². The first kappa shape index (κ1) is 16.8. The molecule has 0 fully saturated rings. The maximum absolute atomic E-state index is 12.8. The summed E-state index contributed by atoms with van der Waals surface area (Å²) in [6, 6.07) is 11.3. The fourth-order valence-corrected chi connectivity index (χ4v) is 2.58. The van der Waals surface area contributed by atoms with Crippen molar-refractivity contribution < 1.29 is 13.9 Å². The van der Waals surface area contributed by atoms with E-state index in [0.29, 0.717) is 28.2 Å². The van der Waals surface area contributed by atoms with Crippen LogP contribution in [0.1, 0.15) is 5.56 Å². The first-order valence-electron chi connectivity index (χ1n) is 6.63. The van der Waals surface area contributed by atoms with E-state index in [0.717, 1.165) is 5.56 Å². The Labute approximate surface area is 141 Å². The molecule has 2 rings (SSSR count). The number of halogens is 3. The molecular weight excluding hydrogens is 373 g/mol. The Morgan fingerprint density at radius 3 is 2.64 bits per heavy atom. The van der Waals surface area contributed by atoms with E-state index in [9.17, 15) is 9.18 Å². The van der Waals surface area contributed by atoms with Crippen LogP contribution >= 0.6 is 27.5 Å². The number of ether oxygens (including phenoxy) is 1. The molecule has 2 aromatic rings. The Bertz CT molecular complexity index is 649. The van der Waals surface area contributed by atoms with Gasteiger partial charge in [0.2, 0.25) is 0 Å². The van der Waals surface area contributed by atoms with Crippen LogP contribution in [0.15, 0.2) is 46.9 Å². The van der Waals surface area contributed by atoms with Gasteiger partial charge in [-0.1, -0.05) is 23.7 Å². The minimum Gasteiger partial charge on any atom is -0.483 e. The van der Waals surface area contributed by atoms with Crippen molar-refractivity contribution in [3.63, 3.8) is 0 Å². The summed E-state index contributed by atoms with van der Waals surface area (Å²) in [6.45, 7) is 0.388. The molecule has 0 saturated carbocycles. The highest BCUT2D eigenvalue weighted by atomic mass is 79.9. The van der Waals surface area contributed by atoms with Gasteiger partial charge in [0.05, 0.1) is 4.47 Å². The standard InChI is InChI=1S/C16H14BrClFNO2/c17-14-9-12(18)3-6-15(14)22-10-16(21)20-8-7-11-1-4-13(19)5-2-11/h1-6,9H,7-8,10H2,(H,20,21). The number of hydrogen-bond acceptors (Lipinski definition) is 2. The van der Waals surface area contributed by atoms with Crippen LogP contribution < -0.4 is 10.1 Å². The van der Waals surface area contributed by atoms with Crippen LogP contribution in [0.4, 0.5) is 4.39 Å². The molecular formula is C16H14BrClFNO2. The van der Waals surface area contributed by atoms with Gasteiger partial charge in [0.1, 0.15) is 11.6 Å². The summed E-state index contributed by atoms with van der Waals surface area (Å²) < 4.78 is 18.9. The molecule has 3 nitrogen and oxygen atoms in total. The van der Waals surface area contributed by atoms with Gasteiger partial charge < -0.3 is 10.1 Å². The fraction of sp³-hybridized carbons (Fsp3) is 0.188. The summed E-state index contributed by atoms with van der Waals surface area (Å²) in [4.78, 5) is 11.7. The Kier molecular flexibility index (Phi) is 6.21. The predicted octanol–water partition coefficient (Wildman–Crippen LogP) is 3.98. The predicted molar refractivity (Wildman–Crippen MR) is 87.8 cm³/mol. The van der Waals surface area contributed by atoms with Crippen molar-refractivity contribution in [1.82, 2.24) is 5.32 Å². The number of amides is 1. The number of hydrogen-bond donors (Lipinski definition) is 1. The Morgan fingerprint density at radius 1 is 1.23 bits per heavy atom. The first-order chi connectivity index (χ1) is 10.5. The maximum atomic E-state index is 12.8. The van der Waals surface area contributed by atoms with Crippen molar-refractivity contribution in [2.75, 3.05) is 13.2 Å². The van der Waals surface area contributed by atoms with E-state index in [2.05, 4.69) is 21.2 Å². The zero-order chi connectivity index (χ0) is 15.9. The zero-order valence-corrected chi connectivity index (χ0v) is 14.0. The average molecular weight is 387 g/mol. The maximum Gasteiger partial charge on any atom is 0.257 e. The molecule has 0 aliphatic heterocycles. The highest BCUT2D eigenvalue weighted by Crippen LogP contribution is 2.27. The van der Waals surface area contributed by atoms with E-state index in [1.54, 1.807) is 30.3 Å². The molecule has 0 aromatic heterocycles. The normalized spacial score (nSPS) is 10.3. The molecule has 116 valence electrons. The Balaban J connectivity index is 1.72. The molecule has 0 saturated heterocycles. The quantitative estimate of drug-likeness (QED) is 0.815. The number of benzene rings is 2. The summed E-state index contributed by atoms with van der Waals surface area (Å²) in [5, 5.41) is 3.33. The topological polar surface area (TPSA) is 38.3 Å². The van der Waals surface area contributed by atoms with Crippen LogP contribution in [0.25, 0.3) is 0 Å². The molecule has 0 bridgehead atoms. The van der Waals surface area contributed by atoms with Crippen molar-refractivity contribution in [2.45, 2.75) is 6.42 Å². The van der Waals surface area contributed by atoms with Crippen molar-refractivity contribution in [3.8, 4) is 5.75 Å². The Morgan fingerprint density at radius 2 is 1.95 bits per heavy atom. The van der Waals surface area contributed by atoms with Gasteiger partial charge in [0.25, 0.3) is 5.91 Å². The van der Waals surface area contributed by atoms with E-state index in [-0.39, 0.29) is 18.3 Å². The highest BCUT2D eigenvalue weighted by Gasteiger charge is 2.06. The summed E-state index contributed by atoms with van der Waals surface area (Å²) in [5.41, 5.74) is 0.961. The van der Waals surface area contributed by atoms with E-state index in [4.69, 9.17) is 16.3 Å². The summed E-state index contributed by atoms with van der Waals surface area (Å²) in [5.74, 6) is 0.0665. The van der Waals surface area contributed by atoms with Gasteiger partial charge in [0, 0.05) is 11.6 Å². The summed E-state index contributed by atoms with van der Waals surface area (Å²) in [7, 11) is 0. The largest absolute Gasteiger partial charge is 0.483 e.